The molecule has 1 aliphatic heterocycles. The summed E-state index contributed by atoms with van der Waals surface area (Å²) in [5.41, 5.74) is 5.32. The Hall–Kier alpha value is -0.520. The Labute approximate surface area is 94.6 Å². The van der Waals surface area contributed by atoms with E-state index < -0.39 is 0 Å². The number of nitrogens with zero attached hydrogens (tertiary/aromatic N) is 2. The van der Waals surface area contributed by atoms with Crippen LogP contribution in [-0.2, 0) is 0 Å². The van der Waals surface area contributed by atoms with Gasteiger partial charge in [0.1, 0.15) is 0 Å². The fraction of sp³-hybridized carbons (Fsp3) is 0.714. The Morgan fingerprint density at radius 3 is 2.64 bits per heavy atom. The van der Waals surface area contributed by atoms with Crippen LogP contribution in [0.15, 0.2) is 4.42 Å². The fourth-order valence-corrected chi connectivity index (χ4v) is 1.47. The van der Waals surface area contributed by atoms with E-state index in [0.29, 0.717) is 11.8 Å². The third-order valence-electron chi connectivity index (χ3n) is 2.10. The maximum Gasteiger partial charge on any atom is 0.312 e. The number of aromatic nitrogens is 2. The molecule has 0 spiro atoms. The van der Waals surface area contributed by atoms with Gasteiger partial charge in [-0.25, -0.2) is 0 Å². The summed E-state index contributed by atoms with van der Waals surface area (Å²) in [4.78, 5) is 0. The van der Waals surface area contributed by atoms with Crippen molar-refractivity contribution in [3.05, 3.63) is 5.89 Å². The molecule has 3 N–H and O–H groups in total. The first-order valence-electron chi connectivity index (χ1n) is 4.16. The standard InChI is InChI=1S/C7H12N4O.2ClH/c8-7-11-10-6(12-7)5-2-1-3-9-4-5;;/h5,9H,1-4H2,(H2,8,11);2*1H. The molecule has 1 fully saturated rings. The highest BCUT2D eigenvalue weighted by molar-refractivity contribution is 5.85. The molecular weight excluding hydrogens is 227 g/mol. The molecule has 0 aromatic carbocycles. The second-order valence-electron chi connectivity index (χ2n) is 3.02. The number of nitrogens with one attached hydrogen (secondary N) is 1. The number of nitrogen functional groups attached to an aromatic ring is 1. The number of hydrogen-bond donors (Lipinski definition) is 2. The van der Waals surface area contributed by atoms with Crippen LogP contribution in [0.3, 0.4) is 0 Å². The lowest BCUT2D eigenvalue weighted by Crippen LogP contribution is -2.28. The SMILES string of the molecule is Cl.Cl.Nc1nnc(C2CCCNC2)o1. The lowest BCUT2D eigenvalue weighted by Gasteiger charge is -2.18. The quantitative estimate of drug-likeness (QED) is 0.765. The monoisotopic (exact) mass is 240 g/mol. The summed E-state index contributed by atoms with van der Waals surface area (Å²) in [6.07, 6.45) is 2.27. The second-order valence-corrected chi connectivity index (χ2v) is 3.02. The highest BCUT2D eigenvalue weighted by Crippen LogP contribution is 2.21. The molecule has 1 aliphatic rings. The van der Waals surface area contributed by atoms with Gasteiger partial charge in [0.2, 0.25) is 5.89 Å². The van der Waals surface area contributed by atoms with E-state index >= 15 is 0 Å². The molecule has 1 aromatic heterocycles. The number of halogens is 2. The molecule has 0 radical (unpaired) electrons. The van der Waals surface area contributed by atoms with Gasteiger partial charge in [-0.1, -0.05) is 5.10 Å². The molecule has 7 heteroatoms. The molecule has 2 rings (SSSR count). The van der Waals surface area contributed by atoms with Gasteiger partial charge in [-0.15, -0.1) is 29.9 Å². The number of hydrogen-bond acceptors (Lipinski definition) is 5. The maximum absolute atomic E-state index is 5.32. The van der Waals surface area contributed by atoms with Crippen molar-refractivity contribution in [2.75, 3.05) is 18.8 Å². The smallest absolute Gasteiger partial charge is 0.312 e. The van der Waals surface area contributed by atoms with Crippen molar-refractivity contribution in [3.63, 3.8) is 0 Å². The molecule has 1 saturated heterocycles. The Kier molecular flexibility index (Phi) is 5.83. The molecule has 1 atom stereocenters. The average Bonchev–Trinajstić information content (AvgIpc) is 2.54. The third kappa shape index (κ3) is 3.01. The van der Waals surface area contributed by atoms with Gasteiger partial charge in [0, 0.05) is 12.5 Å². The summed E-state index contributed by atoms with van der Waals surface area (Å²) in [5.74, 6) is 1.02. The molecule has 1 aromatic rings. The van der Waals surface area contributed by atoms with Crippen LogP contribution in [0.2, 0.25) is 0 Å². The van der Waals surface area contributed by atoms with Crippen LogP contribution in [0, 0.1) is 0 Å². The van der Waals surface area contributed by atoms with Crippen LogP contribution in [0.5, 0.6) is 0 Å². The van der Waals surface area contributed by atoms with E-state index in [9.17, 15) is 0 Å². The van der Waals surface area contributed by atoms with Gasteiger partial charge < -0.3 is 15.5 Å². The average molecular weight is 241 g/mol. The summed E-state index contributed by atoms with van der Waals surface area (Å²) in [6, 6.07) is 0.163. The van der Waals surface area contributed by atoms with Crippen molar-refractivity contribution in [2.45, 2.75) is 18.8 Å². The largest absolute Gasteiger partial charge is 0.408 e. The normalized spacial score (nSPS) is 20.7. The van der Waals surface area contributed by atoms with E-state index in [2.05, 4.69) is 15.5 Å². The van der Waals surface area contributed by atoms with E-state index in [1.54, 1.807) is 0 Å². The van der Waals surface area contributed by atoms with Crippen LogP contribution in [0.1, 0.15) is 24.7 Å². The third-order valence-corrected chi connectivity index (χ3v) is 2.10. The predicted molar refractivity (Wildman–Crippen MR) is 58.1 cm³/mol. The first-order valence-corrected chi connectivity index (χ1v) is 4.16. The van der Waals surface area contributed by atoms with E-state index in [-0.39, 0.29) is 30.8 Å². The molecule has 0 saturated carbocycles. The Bertz CT molecular complexity index is 262. The molecule has 82 valence electrons. The van der Waals surface area contributed by atoms with E-state index in [1.165, 1.54) is 0 Å². The van der Waals surface area contributed by atoms with Crippen molar-refractivity contribution in [1.29, 1.82) is 0 Å². The molecule has 5 nitrogen and oxygen atoms in total. The van der Waals surface area contributed by atoms with E-state index in [1.807, 2.05) is 0 Å². The molecule has 2 heterocycles. The number of rotatable bonds is 1. The first kappa shape index (κ1) is 13.5. The van der Waals surface area contributed by atoms with Crippen LogP contribution >= 0.6 is 24.8 Å². The summed E-state index contributed by atoms with van der Waals surface area (Å²) in [7, 11) is 0. The lowest BCUT2D eigenvalue weighted by molar-refractivity contribution is 0.382. The van der Waals surface area contributed by atoms with Gasteiger partial charge in [-0.3, -0.25) is 0 Å². The topological polar surface area (TPSA) is 77.0 Å². The minimum atomic E-state index is 0. The number of anilines is 1. The highest BCUT2D eigenvalue weighted by Gasteiger charge is 2.20. The molecule has 14 heavy (non-hydrogen) atoms. The van der Waals surface area contributed by atoms with Crippen molar-refractivity contribution in [3.8, 4) is 0 Å². The summed E-state index contributed by atoms with van der Waals surface area (Å²) < 4.78 is 5.14. The number of piperidine rings is 1. The Balaban J connectivity index is 0.000000845. The zero-order valence-corrected chi connectivity index (χ0v) is 9.24. The van der Waals surface area contributed by atoms with Crippen molar-refractivity contribution >= 4 is 30.8 Å². The van der Waals surface area contributed by atoms with Crippen molar-refractivity contribution in [1.82, 2.24) is 15.5 Å². The van der Waals surface area contributed by atoms with Gasteiger partial charge in [-0.2, -0.15) is 0 Å². The summed E-state index contributed by atoms with van der Waals surface area (Å²) in [6.45, 7) is 2.00. The summed E-state index contributed by atoms with van der Waals surface area (Å²) in [5, 5.41) is 10.8. The minimum absolute atomic E-state index is 0. The Morgan fingerprint density at radius 1 is 1.36 bits per heavy atom. The van der Waals surface area contributed by atoms with Gasteiger partial charge in [0.15, 0.2) is 0 Å². The van der Waals surface area contributed by atoms with E-state index in [4.69, 9.17) is 10.2 Å². The lowest BCUT2D eigenvalue weighted by atomic mass is 10.00. The molecular formula is C7H14Cl2N4O. The van der Waals surface area contributed by atoms with Crippen molar-refractivity contribution < 1.29 is 4.42 Å². The molecule has 1 unspecified atom stereocenters. The zero-order chi connectivity index (χ0) is 8.39. The van der Waals surface area contributed by atoms with Gasteiger partial charge in [-0.05, 0) is 19.4 Å². The van der Waals surface area contributed by atoms with Crippen LogP contribution < -0.4 is 11.1 Å². The second kappa shape index (κ2) is 6.06. The van der Waals surface area contributed by atoms with Gasteiger partial charge in [0.05, 0.1) is 0 Å². The predicted octanol–water partition coefficient (Wildman–Crippen LogP) is 0.962. The highest BCUT2D eigenvalue weighted by atomic mass is 35.5. The zero-order valence-electron chi connectivity index (χ0n) is 7.60. The van der Waals surface area contributed by atoms with Crippen LogP contribution in [-0.4, -0.2) is 23.3 Å². The minimum Gasteiger partial charge on any atom is -0.408 e. The van der Waals surface area contributed by atoms with Gasteiger partial charge in [0.25, 0.3) is 0 Å². The van der Waals surface area contributed by atoms with E-state index in [0.717, 1.165) is 25.9 Å². The number of nitrogens with two attached hydrogens (primary N) is 1. The molecule has 0 bridgehead atoms. The molecule has 0 amide bonds. The maximum atomic E-state index is 5.32. The summed E-state index contributed by atoms with van der Waals surface area (Å²) >= 11 is 0. The fourth-order valence-electron chi connectivity index (χ4n) is 1.47. The first-order chi connectivity index (χ1) is 5.86. The van der Waals surface area contributed by atoms with Crippen LogP contribution in [0.25, 0.3) is 0 Å². The molecule has 0 aliphatic carbocycles. The van der Waals surface area contributed by atoms with Gasteiger partial charge >= 0.3 is 6.01 Å². The van der Waals surface area contributed by atoms with Crippen LogP contribution in [0.4, 0.5) is 6.01 Å². The Morgan fingerprint density at radius 2 is 2.14 bits per heavy atom. The van der Waals surface area contributed by atoms with Crippen molar-refractivity contribution in [2.24, 2.45) is 0 Å².